The third-order valence-electron chi connectivity index (χ3n) is 3.61. The second kappa shape index (κ2) is 6.88. The molecule has 1 aromatic rings. The third-order valence-corrected chi connectivity index (χ3v) is 3.61. The van der Waals surface area contributed by atoms with Crippen molar-refractivity contribution in [2.24, 2.45) is 0 Å². The Kier molecular flexibility index (Phi) is 5.12. The summed E-state index contributed by atoms with van der Waals surface area (Å²) in [5.74, 6) is -1.11. The molecule has 0 spiro atoms. The highest BCUT2D eigenvalue weighted by atomic mass is 19.4. The van der Waals surface area contributed by atoms with E-state index in [1.165, 1.54) is 4.90 Å². The van der Waals surface area contributed by atoms with Crippen molar-refractivity contribution in [3.63, 3.8) is 0 Å². The summed E-state index contributed by atoms with van der Waals surface area (Å²) in [6.07, 6.45) is -2.64. The van der Waals surface area contributed by atoms with E-state index in [2.05, 4.69) is 15.3 Å². The van der Waals surface area contributed by atoms with Gasteiger partial charge < -0.3 is 20.3 Å². The average molecular weight is 334 g/mol. The fraction of sp³-hybridized carbons (Fsp3) is 0.615. The highest BCUT2D eigenvalue weighted by Crippen LogP contribution is 2.30. The maximum Gasteiger partial charge on any atom is 0.432 e. The van der Waals surface area contributed by atoms with E-state index in [0.29, 0.717) is 19.4 Å². The number of amides is 2. The molecule has 1 atom stereocenters. The monoisotopic (exact) mass is 334 g/mol. The number of nitrogens with one attached hydrogen (secondary N) is 2. The van der Waals surface area contributed by atoms with Crippen molar-refractivity contribution >= 4 is 12.0 Å². The topological polar surface area (TPSA) is 98.3 Å². The molecule has 1 saturated heterocycles. The van der Waals surface area contributed by atoms with Gasteiger partial charge in [0, 0.05) is 25.6 Å². The number of carboxylic acids is 1. The predicted molar refractivity (Wildman–Crippen MR) is 72.8 cm³/mol. The Morgan fingerprint density at radius 2 is 2.22 bits per heavy atom. The number of carbonyl (C=O) groups is 2. The van der Waals surface area contributed by atoms with Gasteiger partial charge in [0.15, 0.2) is 0 Å². The lowest BCUT2D eigenvalue weighted by Crippen LogP contribution is -2.45. The molecule has 23 heavy (non-hydrogen) atoms. The normalized spacial score (nSPS) is 18.7. The van der Waals surface area contributed by atoms with Gasteiger partial charge in [0.1, 0.15) is 11.5 Å². The van der Waals surface area contributed by atoms with Crippen LogP contribution in [0.4, 0.5) is 18.0 Å². The van der Waals surface area contributed by atoms with E-state index in [9.17, 15) is 22.8 Å². The number of imidazole rings is 1. The van der Waals surface area contributed by atoms with Gasteiger partial charge in [-0.1, -0.05) is 0 Å². The first-order chi connectivity index (χ1) is 10.8. The van der Waals surface area contributed by atoms with Gasteiger partial charge in [-0.15, -0.1) is 0 Å². The molecule has 1 unspecified atom stereocenters. The van der Waals surface area contributed by atoms with Gasteiger partial charge >= 0.3 is 18.2 Å². The first-order valence-corrected chi connectivity index (χ1v) is 7.14. The molecular formula is C13H17F3N4O3. The van der Waals surface area contributed by atoms with Crippen LogP contribution in [-0.2, 0) is 11.0 Å². The fourth-order valence-corrected chi connectivity index (χ4v) is 2.46. The van der Waals surface area contributed by atoms with E-state index in [1.807, 2.05) is 0 Å². The smallest absolute Gasteiger partial charge is 0.432 e. The van der Waals surface area contributed by atoms with Crippen LogP contribution >= 0.6 is 0 Å². The zero-order chi connectivity index (χ0) is 17.0. The van der Waals surface area contributed by atoms with Gasteiger partial charge in [-0.25, -0.2) is 9.78 Å². The SMILES string of the molecule is O=C(O)CCNC(=O)N1CCCC(c2ncc(C(F)(F)F)[nH]2)C1. The molecule has 2 amide bonds. The van der Waals surface area contributed by atoms with E-state index >= 15 is 0 Å². The average Bonchev–Trinajstić information content (AvgIpc) is 2.97. The molecule has 10 heteroatoms. The van der Waals surface area contributed by atoms with Crippen LogP contribution in [-0.4, -0.2) is 51.6 Å². The van der Waals surface area contributed by atoms with Gasteiger partial charge in [0.2, 0.25) is 0 Å². The number of carboxylic acid groups (broad SMARTS) is 1. The van der Waals surface area contributed by atoms with Crippen LogP contribution in [0.15, 0.2) is 6.20 Å². The molecule has 1 fully saturated rings. The minimum atomic E-state index is -4.48. The van der Waals surface area contributed by atoms with E-state index in [0.717, 1.165) is 6.20 Å². The fourth-order valence-electron chi connectivity index (χ4n) is 2.46. The van der Waals surface area contributed by atoms with E-state index < -0.39 is 23.9 Å². The summed E-state index contributed by atoms with van der Waals surface area (Å²) >= 11 is 0. The largest absolute Gasteiger partial charge is 0.481 e. The number of carbonyl (C=O) groups excluding carboxylic acids is 1. The van der Waals surface area contributed by atoms with Crippen molar-refractivity contribution in [1.82, 2.24) is 20.2 Å². The Morgan fingerprint density at radius 3 is 2.83 bits per heavy atom. The number of nitrogens with zero attached hydrogens (tertiary/aromatic N) is 2. The molecule has 128 valence electrons. The molecule has 7 nitrogen and oxygen atoms in total. The van der Waals surface area contributed by atoms with Crippen LogP contribution in [0.2, 0.25) is 0 Å². The van der Waals surface area contributed by atoms with Gasteiger partial charge in [0.25, 0.3) is 0 Å². The molecule has 2 heterocycles. The van der Waals surface area contributed by atoms with Crippen molar-refractivity contribution in [3.05, 3.63) is 17.7 Å². The Hall–Kier alpha value is -2.26. The molecule has 1 aromatic heterocycles. The number of rotatable bonds is 4. The molecule has 0 saturated carbocycles. The van der Waals surface area contributed by atoms with Crippen LogP contribution in [0.5, 0.6) is 0 Å². The Morgan fingerprint density at radius 1 is 1.48 bits per heavy atom. The number of piperidine rings is 1. The summed E-state index contributed by atoms with van der Waals surface area (Å²) in [4.78, 5) is 29.8. The standard InChI is InChI=1S/C13H17F3N4O3/c14-13(15,16)9-6-18-11(19-9)8-2-1-5-20(7-8)12(23)17-4-3-10(21)22/h6,8H,1-5,7H2,(H,17,23)(H,18,19)(H,21,22). The predicted octanol–water partition coefficient (Wildman–Crippen LogP) is 1.79. The van der Waals surface area contributed by atoms with Crippen LogP contribution in [0.25, 0.3) is 0 Å². The number of halogens is 3. The summed E-state index contributed by atoms with van der Waals surface area (Å²) in [6.45, 7) is 0.722. The first-order valence-electron chi connectivity index (χ1n) is 7.14. The molecular weight excluding hydrogens is 317 g/mol. The van der Waals surface area contributed by atoms with Gasteiger partial charge in [-0.3, -0.25) is 4.79 Å². The van der Waals surface area contributed by atoms with Crippen molar-refractivity contribution < 1.29 is 27.9 Å². The summed E-state index contributed by atoms with van der Waals surface area (Å²) in [5.41, 5.74) is -0.907. The van der Waals surface area contributed by atoms with E-state index in [-0.39, 0.29) is 31.3 Å². The van der Waals surface area contributed by atoms with Crippen LogP contribution in [0.1, 0.15) is 36.7 Å². The van der Waals surface area contributed by atoms with Gasteiger partial charge in [-0.2, -0.15) is 13.2 Å². The lowest BCUT2D eigenvalue weighted by Gasteiger charge is -2.31. The molecule has 2 rings (SSSR count). The number of H-pyrrole nitrogens is 1. The Balaban J connectivity index is 1.94. The number of hydrogen-bond acceptors (Lipinski definition) is 3. The minimum Gasteiger partial charge on any atom is -0.481 e. The number of hydrogen-bond donors (Lipinski definition) is 3. The lowest BCUT2D eigenvalue weighted by atomic mass is 9.97. The highest BCUT2D eigenvalue weighted by Gasteiger charge is 2.34. The van der Waals surface area contributed by atoms with Crippen molar-refractivity contribution in [1.29, 1.82) is 0 Å². The number of aliphatic carboxylic acids is 1. The maximum absolute atomic E-state index is 12.6. The second-order valence-corrected chi connectivity index (χ2v) is 5.34. The summed E-state index contributed by atoms with van der Waals surface area (Å²) in [5, 5.41) is 11.0. The number of alkyl halides is 3. The highest BCUT2D eigenvalue weighted by molar-refractivity contribution is 5.75. The van der Waals surface area contributed by atoms with Crippen LogP contribution in [0.3, 0.4) is 0 Å². The van der Waals surface area contributed by atoms with E-state index in [1.54, 1.807) is 0 Å². The number of likely N-dealkylation sites (tertiary alicyclic amines) is 1. The molecule has 1 aliphatic rings. The van der Waals surface area contributed by atoms with Crippen LogP contribution in [0, 0.1) is 0 Å². The van der Waals surface area contributed by atoms with Crippen LogP contribution < -0.4 is 5.32 Å². The second-order valence-electron chi connectivity index (χ2n) is 5.34. The molecule has 3 N–H and O–H groups in total. The molecule has 0 aliphatic carbocycles. The van der Waals surface area contributed by atoms with Crippen molar-refractivity contribution in [2.75, 3.05) is 19.6 Å². The molecule has 0 aromatic carbocycles. The summed E-state index contributed by atoms with van der Waals surface area (Å²) < 4.78 is 37.8. The minimum absolute atomic E-state index is 0.00824. The zero-order valence-corrected chi connectivity index (χ0v) is 12.2. The number of aromatic nitrogens is 2. The first kappa shape index (κ1) is 17.1. The van der Waals surface area contributed by atoms with E-state index in [4.69, 9.17) is 5.11 Å². The third kappa shape index (κ3) is 4.60. The Bertz CT molecular complexity index is 573. The molecule has 1 aliphatic heterocycles. The molecule has 0 radical (unpaired) electrons. The van der Waals surface area contributed by atoms with Crippen molar-refractivity contribution in [3.8, 4) is 0 Å². The van der Waals surface area contributed by atoms with Crippen molar-refractivity contribution in [2.45, 2.75) is 31.4 Å². The lowest BCUT2D eigenvalue weighted by molar-refractivity contribution is -0.141. The quantitative estimate of drug-likeness (QED) is 0.782. The number of urea groups is 1. The van der Waals surface area contributed by atoms with Gasteiger partial charge in [-0.05, 0) is 12.8 Å². The Labute approximate surface area is 129 Å². The zero-order valence-electron chi connectivity index (χ0n) is 12.2. The maximum atomic E-state index is 12.6. The summed E-state index contributed by atoms with van der Waals surface area (Å²) in [7, 11) is 0. The van der Waals surface area contributed by atoms with Gasteiger partial charge in [0.05, 0.1) is 12.6 Å². The number of aromatic amines is 1. The molecule has 0 bridgehead atoms. The summed E-state index contributed by atoms with van der Waals surface area (Å²) in [6, 6.07) is -0.418.